The number of rotatable bonds is 6. The summed E-state index contributed by atoms with van der Waals surface area (Å²) in [7, 11) is 1.67. The van der Waals surface area contributed by atoms with E-state index in [9.17, 15) is 9.59 Å². The molecule has 132 valence electrons. The number of pyridine rings is 1. The van der Waals surface area contributed by atoms with E-state index in [-0.39, 0.29) is 18.3 Å². The molecule has 0 aliphatic heterocycles. The highest BCUT2D eigenvalue weighted by molar-refractivity contribution is 9.10. The minimum Gasteiger partial charge on any atom is -0.466 e. The first-order valence-electron chi connectivity index (χ1n) is 8.07. The molecule has 0 fully saturated rings. The monoisotopic (exact) mass is 404 g/mol. The number of benzene rings is 1. The van der Waals surface area contributed by atoms with E-state index in [4.69, 9.17) is 4.74 Å². The fourth-order valence-electron chi connectivity index (χ4n) is 2.39. The summed E-state index contributed by atoms with van der Waals surface area (Å²) in [5, 5.41) is 0. The third kappa shape index (κ3) is 5.13. The van der Waals surface area contributed by atoms with E-state index in [1.54, 1.807) is 20.0 Å². The maximum Gasteiger partial charge on any atom is 0.307 e. The molecule has 0 atom stereocenters. The maximum atomic E-state index is 12.6. The fourth-order valence-corrected chi connectivity index (χ4v) is 2.79. The van der Waals surface area contributed by atoms with Crippen LogP contribution >= 0.6 is 15.9 Å². The lowest BCUT2D eigenvalue weighted by Crippen LogP contribution is -2.30. The van der Waals surface area contributed by atoms with Gasteiger partial charge in [0.05, 0.1) is 30.0 Å². The standard InChI is InChI=1S/C19H21BrN2O3/c1-4-25-18(23)10-11-22(3)19(24)16-8-9-17(21-13(16)2)14-6-5-7-15(20)12-14/h5-9,12H,4,10-11H2,1-3H3. The smallest absolute Gasteiger partial charge is 0.307 e. The second-order valence-electron chi connectivity index (χ2n) is 5.62. The van der Waals surface area contributed by atoms with E-state index >= 15 is 0 Å². The van der Waals surface area contributed by atoms with Gasteiger partial charge in [-0.15, -0.1) is 0 Å². The molecule has 0 aliphatic rings. The normalized spacial score (nSPS) is 10.4. The van der Waals surface area contributed by atoms with Crippen molar-refractivity contribution < 1.29 is 14.3 Å². The van der Waals surface area contributed by atoms with Crippen LogP contribution in [0.15, 0.2) is 40.9 Å². The molecule has 0 bridgehead atoms. The quantitative estimate of drug-likeness (QED) is 0.686. The zero-order valence-electron chi connectivity index (χ0n) is 14.6. The van der Waals surface area contributed by atoms with Crippen molar-refractivity contribution in [3.05, 3.63) is 52.1 Å². The number of halogens is 1. The van der Waals surface area contributed by atoms with Crippen LogP contribution in [0.1, 0.15) is 29.4 Å². The molecule has 0 radical (unpaired) electrons. The van der Waals surface area contributed by atoms with Gasteiger partial charge < -0.3 is 9.64 Å². The largest absolute Gasteiger partial charge is 0.466 e. The van der Waals surface area contributed by atoms with Gasteiger partial charge in [0.1, 0.15) is 0 Å². The van der Waals surface area contributed by atoms with Gasteiger partial charge in [0.25, 0.3) is 5.91 Å². The van der Waals surface area contributed by atoms with Crippen LogP contribution in [-0.2, 0) is 9.53 Å². The average Bonchev–Trinajstić information content (AvgIpc) is 2.59. The third-order valence-electron chi connectivity index (χ3n) is 3.74. The highest BCUT2D eigenvalue weighted by Crippen LogP contribution is 2.23. The van der Waals surface area contributed by atoms with Gasteiger partial charge >= 0.3 is 5.97 Å². The highest BCUT2D eigenvalue weighted by Gasteiger charge is 2.17. The number of ether oxygens (including phenoxy) is 1. The Morgan fingerprint density at radius 1 is 1.24 bits per heavy atom. The van der Waals surface area contributed by atoms with Gasteiger partial charge in [-0.05, 0) is 38.1 Å². The van der Waals surface area contributed by atoms with Gasteiger partial charge in [0.15, 0.2) is 0 Å². The Morgan fingerprint density at radius 3 is 2.64 bits per heavy atom. The predicted molar refractivity (Wildman–Crippen MR) is 100 cm³/mol. The minimum absolute atomic E-state index is 0.157. The van der Waals surface area contributed by atoms with Gasteiger partial charge in [-0.2, -0.15) is 0 Å². The summed E-state index contributed by atoms with van der Waals surface area (Å²) in [6.07, 6.45) is 0.179. The summed E-state index contributed by atoms with van der Waals surface area (Å²) < 4.78 is 5.86. The van der Waals surface area contributed by atoms with Crippen LogP contribution in [0.3, 0.4) is 0 Å². The van der Waals surface area contributed by atoms with Gasteiger partial charge in [-0.25, -0.2) is 0 Å². The molecule has 1 heterocycles. The molecule has 1 aromatic carbocycles. The predicted octanol–water partition coefficient (Wildman–Crippen LogP) is 3.84. The van der Waals surface area contributed by atoms with E-state index in [2.05, 4.69) is 20.9 Å². The summed E-state index contributed by atoms with van der Waals surface area (Å²) in [6, 6.07) is 11.5. The Bertz CT molecular complexity index is 777. The molecule has 0 saturated heterocycles. The van der Waals surface area contributed by atoms with Crippen molar-refractivity contribution in [1.82, 2.24) is 9.88 Å². The van der Waals surface area contributed by atoms with Gasteiger partial charge in [0, 0.05) is 23.6 Å². The van der Waals surface area contributed by atoms with Gasteiger partial charge in [0.2, 0.25) is 0 Å². The number of aromatic nitrogens is 1. The first kappa shape index (κ1) is 19.1. The van der Waals surface area contributed by atoms with E-state index in [0.29, 0.717) is 24.4 Å². The summed E-state index contributed by atoms with van der Waals surface area (Å²) in [5.41, 5.74) is 2.98. The van der Waals surface area contributed by atoms with Crippen LogP contribution in [0.4, 0.5) is 0 Å². The number of esters is 1. The number of carbonyl (C=O) groups excluding carboxylic acids is 2. The SMILES string of the molecule is CCOC(=O)CCN(C)C(=O)c1ccc(-c2cccc(Br)c2)nc1C. The Morgan fingerprint density at radius 2 is 2.00 bits per heavy atom. The number of amides is 1. The molecule has 1 aromatic heterocycles. The topological polar surface area (TPSA) is 59.5 Å². The Labute approximate surface area is 156 Å². The molecule has 1 amide bonds. The zero-order valence-corrected chi connectivity index (χ0v) is 16.2. The number of hydrogen-bond donors (Lipinski definition) is 0. The Balaban J connectivity index is 2.11. The molecular formula is C19H21BrN2O3. The van der Waals surface area contributed by atoms with Gasteiger partial charge in [-0.1, -0.05) is 28.1 Å². The van der Waals surface area contributed by atoms with Crippen LogP contribution in [-0.4, -0.2) is 42.0 Å². The van der Waals surface area contributed by atoms with Crippen molar-refractivity contribution in [3.8, 4) is 11.3 Å². The summed E-state index contributed by atoms with van der Waals surface area (Å²) in [4.78, 5) is 30.1. The number of carbonyl (C=O) groups is 2. The zero-order chi connectivity index (χ0) is 18.4. The van der Waals surface area contributed by atoms with Crippen molar-refractivity contribution in [1.29, 1.82) is 0 Å². The number of nitrogens with zero attached hydrogens (tertiary/aromatic N) is 2. The molecule has 5 nitrogen and oxygen atoms in total. The molecule has 2 aromatic rings. The summed E-state index contributed by atoms with van der Waals surface area (Å²) >= 11 is 3.45. The number of hydrogen-bond acceptors (Lipinski definition) is 4. The molecule has 0 unspecified atom stereocenters. The third-order valence-corrected chi connectivity index (χ3v) is 4.23. The lowest BCUT2D eigenvalue weighted by atomic mass is 10.1. The Kier molecular flexibility index (Phi) is 6.70. The first-order valence-corrected chi connectivity index (χ1v) is 8.86. The summed E-state index contributed by atoms with van der Waals surface area (Å²) in [6.45, 7) is 4.23. The Hall–Kier alpha value is -2.21. The van der Waals surface area contributed by atoms with Crippen LogP contribution in [0.2, 0.25) is 0 Å². The maximum absolute atomic E-state index is 12.6. The second kappa shape index (κ2) is 8.76. The molecule has 6 heteroatoms. The van der Waals surface area contributed by atoms with Crippen molar-refractivity contribution >= 4 is 27.8 Å². The first-order chi connectivity index (χ1) is 11.9. The molecule has 0 N–H and O–H groups in total. The van der Waals surface area contributed by atoms with Crippen LogP contribution in [0.25, 0.3) is 11.3 Å². The van der Waals surface area contributed by atoms with E-state index < -0.39 is 0 Å². The van der Waals surface area contributed by atoms with Crippen LogP contribution in [0.5, 0.6) is 0 Å². The van der Waals surface area contributed by atoms with Crippen LogP contribution in [0, 0.1) is 6.92 Å². The second-order valence-corrected chi connectivity index (χ2v) is 6.54. The fraction of sp³-hybridized carbons (Fsp3) is 0.316. The molecule has 25 heavy (non-hydrogen) atoms. The van der Waals surface area contributed by atoms with Gasteiger partial charge in [-0.3, -0.25) is 14.6 Å². The lowest BCUT2D eigenvalue weighted by molar-refractivity contribution is -0.143. The summed E-state index contributed by atoms with van der Waals surface area (Å²) in [5.74, 6) is -0.461. The van der Waals surface area contributed by atoms with Crippen molar-refractivity contribution in [2.75, 3.05) is 20.2 Å². The highest BCUT2D eigenvalue weighted by atomic mass is 79.9. The van der Waals surface area contributed by atoms with Crippen molar-refractivity contribution in [2.45, 2.75) is 20.3 Å². The van der Waals surface area contributed by atoms with Crippen molar-refractivity contribution in [2.24, 2.45) is 0 Å². The van der Waals surface area contributed by atoms with Crippen molar-refractivity contribution in [3.63, 3.8) is 0 Å². The van der Waals surface area contributed by atoms with E-state index in [1.165, 1.54) is 4.90 Å². The van der Waals surface area contributed by atoms with E-state index in [1.807, 2.05) is 37.3 Å². The lowest BCUT2D eigenvalue weighted by Gasteiger charge is -2.18. The molecule has 0 saturated carbocycles. The van der Waals surface area contributed by atoms with E-state index in [0.717, 1.165) is 15.7 Å². The number of aryl methyl sites for hydroxylation is 1. The molecule has 0 aliphatic carbocycles. The molecule has 2 rings (SSSR count). The molecular weight excluding hydrogens is 384 g/mol. The average molecular weight is 405 g/mol. The molecule has 0 spiro atoms. The van der Waals surface area contributed by atoms with Crippen LogP contribution < -0.4 is 0 Å². The minimum atomic E-state index is -0.304.